The molecule has 2 heterocycles. The lowest BCUT2D eigenvalue weighted by Crippen LogP contribution is -2.82. The summed E-state index contributed by atoms with van der Waals surface area (Å²) in [5.74, 6) is 3.23. The molecule has 2 atom stereocenters. The molecule has 1 saturated heterocycles. The zero-order valence-corrected chi connectivity index (χ0v) is 18.4. The zero-order valence-electron chi connectivity index (χ0n) is 18.4. The molecule has 0 aliphatic carbocycles. The number of ether oxygens (including phenoxy) is 3. The third-order valence-corrected chi connectivity index (χ3v) is 6.54. The highest BCUT2D eigenvalue weighted by molar-refractivity contribution is 5.44. The summed E-state index contributed by atoms with van der Waals surface area (Å²) < 4.78 is 16.9. The van der Waals surface area contributed by atoms with E-state index in [1.54, 1.807) is 0 Å². The lowest BCUT2D eigenvalue weighted by molar-refractivity contribution is -0.671. The van der Waals surface area contributed by atoms with E-state index in [2.05, 4.69) is 61.6 Å². The van der Waals surface area contributed by atoms with Gasteiger partial charge in [0.1, 0.15) is 6.54 Å². The molecule has 2 aromatic carbocycles. The standard InChI is InChI=1S/C26H35NO3/c1-26(2)17-23(12-14-30-26)22(15-20-7-4-3-5-8-20)9-6-13-27-18-21-10-11-24-25(16-21)29-19-28-24/h3-5,7-8,10-11,16,22-23,27H,6,9,12-15,17-19H2,1-2H3/p+1/t22-,23+/m1/s1. The summed E-state index contributed by atoms with van der Waals surface area (Å²) in [6.45, 7) is 7.89. The summed E-state index contributed by atoms with van der Waals surface area (Å²) in [5, 5.41) is 2.42. The van der Waals surface area contributed by atoms with Crippen LogP contribution in [0.15, 0.2) is 48.5 Å². The van der Waals surface area contributed by atoms with Crippen LogP contribution >= 0.6 is 0 Å². The van der Waals surface area contributed by atoms with Crippen molar-refractivity contribution in [2.24, 2.45) is 11.8 Å². The highest BCUT2D eigenvalue weighted by Gasteiger charge is 2.33. The third kappa shape index (κ3) is 5.77. The minimum atomic E-state index is 0.0172. The first-order chi connectivity index (χ1) is 14.6. The Morgan fingerprint density at radius 3 is 2.70 bits per heavy atom. The molecule has 0 unspecified atom stereocenters. The van der Waals surface area contributed by atoms with Gasteiger partial charge in [-0.3, -0.25) is 0 Å². The predicted molar refractivity (Wildman–Crippen MR) is 119 cm³/mol. The first-order valence-corrected chi connectivity index (χ1v) is 11.5. The fourth-order valence-electron chi connectivity index (χ4n) is 4.96. The molecule has 4 nitrogen and oxygen atoms in total. The van der Waals surface area contributed by atoms with Crippen LogP contribution in [0, 0.1) is 11.8 Å². The number of benzene rings is 2. The molecule has 30 heavy (non-hydrogen) atoms. The van der Waals surface area contributed by atoms with Gasteiger partial charge in [-0.2, -0.15) is 0 Å². The maximum absolute atomic E-state index is 5.99. The molecule has 0 bridgehead atoms. The van der Waals surface area contributed by atoms with Crippen molar-refractivity contribution in [1.29, 1.82) is 0 Å². The van der Waals surface area contributed by atoms with Crippen LogP contribution < -0.4 is 14.8 Å². The van der Waals surface area contributed by atoms with Crippen molar-refractivity contribution < 1.29 is 19.5 Å². The van der Waals surface area contributed by atoms with E-state index in [1.165, 1.54) is 43.2 Å². The largest absolute Gasteiger partial charge is 0.454 e. The number of hydrogen-bond donors (Lipinski definition) is 1. The first kappa shape index (κ1) is 21.2. The van der Waals surface area contributed by atoms with Gasteiger partial charge in [0, 0.05) is 12.2 Å². The smallest absolute Gasteiger partial charge is 0.231 e. The summed E-state index contributed by atoms with van der Waals surface area (Å²) >= 11 is 0. The van der Waals surface area contributed by atoms with Crippen molar-refractivity contribution in [2.75, 3.05) is 19.9 Å². The Morgan fingerprint density at radius 1 is 1.03 bits per heavy atom. The van der Waals surface area contributed by atoms with E-state index in [9.17, 15) is 0 Å². The van der Waals surface area contributed by atoms with Crippen LogP contribution in [0.4, 0.5) is 0 Å². The van der Waals surface area contributed by atoms with E-state index in [4.69, 9.17) is 14.2 Å². The van der Waals surface area contributed by atoms with Crippen LogP contribution in [0.1, 0.15) is 50.7 Å². The predicted octanol–water partition coefficient (Wildman–Crippen LogP) is 4.32. The normalized spacial score (nSPS) is 20.8. The van der Waals surface area contributed by atoms with E-state index in [-0.39, 0.29) is 5.60 Å². The summed E-state index contributed by atoms with van der Waals surface area (Å²) in [7, 11) is 0. The fraction of sp³-hybridized carbons (Fsp3) is 0.538. The number of rotatable bonds is 9. The zero-order chi connectivity index (χ0) is 20.8. The minimum absolute atomic E-state index is 0.0172. The van der Waals surface area contributed by atoms with Gasteiger partial charge < -0.3 is 19.5 Å². The second kappa shape index (κ2) is 9.84. The number of fused-ring (bicyclic) bond motifs is 1. The van der Waals surface area contributed by atoms with Gasteiger partial charge in [-0.05, 0) is 81.5 Å². The molecule has 2 aliphatic heterocycles. The maximum Gasteiger partial charge on any atom is 0.231 e. The summed E-state index contributed by atoms with van der Waals surface area (Å²) in [6, 6.07) is 17.3. The Balaban J connectivity index is 1.28. The molecule has 2 aliphatic rings. The molecule has 0 aromatic heterocycles. The maximum atomic E-state index is 5.99. The topological polar surface area (TPSA) is 44.3 Å². The molecule has 4 rings (SSSR count). The van der Waals surface area contributed by atoms with Gasteiger partial charge in [0.05, 0.1) is 12.1 Å². The summed E-state index contributed by atoms with van der Waals surface area (Å²) in [6.07, 6.45) is 6.09. The summed E-state index contributed by atoms with van der Waals surface area (Å²) in [5.41, 5.74) is 2.78. The summed E-state index contributed by atoms with van der Waals surface area (Å²) in [4.78, 5) is 0. The van der Waals surface area contributed by atoms with E-state index < -0.39 is 0 Å². The molecule has 162 valence electrons. The van der Waals surface area contributed by atoms with Crippen LogP contribution in [-0.2, 0) is 17.7 Å². The Morgan fingerprint density at radius 2 is 1.87 bits per heavy atom. The average molecular weight is 411 g/mol. The molecule has 2 aromatic rings. The van der Waals surface area contributed by atoms with Gasteiger partial charge in [-0.25, -0.2) is 0 Å². The molecular formula is C26H36NO3+. The van der Waals surface area contributed by atoms with Crippen LogP contribution in [0.5, 0.6) is 11.5 Å². The van der Waals surface area contributed by atoms with Gasteiger partial charge >= 0.3 is 0 Å². The van der Waals surface area contributed by atoms with Crippen LogP contribution in [0.25, 0.3) is 0 Å². The van der Waals surface area contributed by atoms with Gasteiger partial charge in [0.15, 0.2) is 11.5 Å². The highest BCUT2D eigenvalue weighted by Crippen LogP contribution is 2.37. The molecule has 1 fully saturated rings. The second-order valence-corrected chi connectivity index (χ2v) is 9.42. The molecule has 0 saturated carbocycles. The molecule has 0 amide bonds. The molecule has 4 heteroatoms. The fourth-order valence-corrected chi connectivity index (χ4v) is 4.96. The lowest BCUT2D eigenvalue weighted by atomic mass is 9.75. The van der Waals surface area contributed by atoms with Crippen LogP contribution in [0.3, 0.4) is 0 Å². The van der Waals surface area contributed by atoms with Gasteiger partial charge in [-0.15, -0.1) is 0 Å². The van der Waals surface area contributed by atoms with Crippen molar-refractivity contribution in [2.45, 2.75) is 58.1 Å². The van der Waals surface area contributed by atoms with Crippen molar-refractivity contribution >= 4 is 0 Å². The van der Waals surface area contributed by atoms with Crippen LogP contribution in [-0.4, -0.2) is 25.5 Å². The molecule has 0 spiro atoms. The molecule has 2 N–H and O–H groups in total. The Bertz CT molecular complexity index is 805. The van der Waals surface area contributed by atoms with E-state index >= 15 is 0 Å². The van der Waals surface area contributed by atoms with Gasteiger partial charge in [0.2, 0.25) is 6.79 Å². The van der Waals surface area contributed by atoms with Crippen molar-refractivity contribution in [3.05, 3.63) is 59.7 Å². The van der Waals surface area contributed by atoms with Crippen molar-refractivity contribution in [3.63, 3.8) is 0 Å². The highest BCUT2D eigenvalue weighted by atomic mass is 16.7. The lowest BCUT2D eigenvalue weighted by Gasteiger charge is -2.39. The number of quaternary nitrogens is 1. The Hall–Kier alpha value is -2.04. The monoisotopic (exact) mass is 410 g/mol. The minimum Gasteiger partial charge on any atom is -0.454 e. The number of hydrogen-bond acceptors (Lipinski definition) is 3. The third-order valence-electron chi connectivity index (χ3n) is 6.54. The van der Waals surface area contributed by atoms with Crippen molar-refractivity contribution in [3.8, 4) is 11.5 Å². The quantitative estimate of drug-likeness (QED) is 0.626. The van der Waals surface area contributed by atoms with Gasteiger partial charge in [-0.1, -0.05) is 30.3 Å². The SMILES string of the molecule is CC1(C)C[C@@H]([C@H](CCC[NH2+]Cc2ccc3c(c2)OCO3)Cc2ccccc2)CCO1. The van der Waals surface area contributed by atoms with Crippen molar-refractivity contribution in [1.82, 2.24) is 0 Å². The average Bonchev–Trinajstić information content (AvgIpc) is 3.20. The van der Waals surface area contributed by atoms with Gasteiger partial charge in [0.25, 0.3) is 0 Å². The van der Waals surface area contributed by atoms with E-state index in [1.807, 2.05) is 6.07 Å². The number of nitrogens with two attached hydrogens (primary N) is 1. The molecular weight excluding hydrogens is 374 g/mol. The van der Waals surface area contributed by atoms with Crippen LogP contribution in [0.2, 0.25) is 0 Å². The van der Waals surface area contributed by atoms with E-state index in [0.29, 0.717) is 6.79 Å². The Labute approximate surface area is 180 Å². The first-order valence-electron chi connectivity index (χ1n) is 11.5. The van der Waals surface area contributed by atoms with E-state index in [0.717, 1.165) is 43.0 Å². The second-order valence-electron chi connectivity index (χ2n) is 9.42. The molecule has 0 radical (unpaired) electrons. The Kier molecular flexibility index (Phi) is 6.96.